The van der Waals surface area contributed by atoms with Crippen LogP contribution in [0.4, 0.5) is 5.69 Å². The molecule has 1 heterocycles. The molecule has 0 saturated heterocycles. The molecule has 0 aromatic carbocycles. The molecule has 0 fully saturated rings. The zero-order valence-electron chi connectivity index (χ0n) is 6.63. The normalized spacial score (nSPS) is 9.50. The van der Waals surface area contributed by atoms with Crippen molar-refractivity contribution in [2.45, 2.75) is 6.92 Å². The number of hydrogen-bond acceptors (Lipinski definition) is 2. The molecule has 54 valence electrons. The van der Waals surface area contributed by atoms with E-state index in [0.29, 0.717) is 0 Å². The van der Waals surface area contributed by atoms with Gasteiger partial charge < -0.3 is 4.90 Å². The van der Waals surface area contributed by atoms with Crippen molar-refractivity contribution >= 4 is 5.69 Å². The zero-order valence-corrected chi connectivity index (χ0v) is 6.63. The Morgan fingerprint density at radius 2 is 2.10 bits per heavy atom. The zero-order chi connectivity index (χ0) is 7.56. The minimum absolute atomic E-state index is 1.08. The minimum atomic E-state index is 1.08. The van der Waals surface area contributed by atoms with Crippen LogP contribution in [0.5, 0.6) is 0 Å². The van der Waals surface area contributed by atoms with E-state index in [-0.39, 0.29) is 0 Å². The Labute approximate surface area is 61.5 Å². The van der Waals surface area contributed by atoms with E-state index in [9.17, 15) is 0 Å². The van der Waals surface area contributed by atoms with Crippen LogP contribution in [0.2, 0.25) is 0 Å². The summed E-state index contributed by atoms with van der Waals surface area (Å²) in [7, 11) is 4.04. The molecule has 0 spiro atoms. The third-order valence-electron chi connectivity index (χ3n) is 1.46. The predicted octanol–water partition coefficient (Wildman–Crippen LogP) is 1.46. The molecule has 10 heavy (non-hydrogen) atoms. The summed E-state index contributed by atoms with van der Waals surface area (Å²) in [6.45, 7) is 2.01. The molecule has 0 saturated carbocycles. The molecule has 1 aromatic heterocycles. The summed E-state index contributed by atoms with van der Waals surface area (Å²) in [6.07, 6.45) is 1.81. The first-order valence-corrected chi connectivity index (χ1v) is 3.31. The maximum Gasteiger partial charge on any atom is 0.0605 e. The van der Waals surface area contributed by atoms with Crippen molar-refractivity contribution in [1.29, 1.82) is 0 Å². The Kier molecular flexibility index (Phi) is 1.90. The van der Waals surface area contributed by atoms with Crippen molar-refractivity contribution in [3.05, 3.63) is 24.0 Å². The first kappa shape index (κ1) is 7.06. The molecule has 0 aliphatic heterocycles. The van der Waals surface area contributed by atoms with Gasteiger partial charge in [0.25, 0.3) is 0 Å². The number of aryl methyl sites for hydroxylation is 1. The van der Waals surface area contributed by atoms with Crippen molar-refractivity contribution in [3.8, 4) is 0 Å². The first-order chi connectivity index (χ1) is 4.72. The van der Waals surface area contributed by atoms with E-state index in [2.05, 4.69) is 16.0 Å². The van der Waals surface area contributed by atoms with Crippen LogP contribution in [0.1, 0.15) is 5.69 Å². The fourth-order valence-electron chi connectivity index (χ4n) is 0.948. The molecule has 0 amide bonds. The van der Waals surface area contributed by atoms with Crippen LogP contribution in [0.25, 0.3) is 0 Å². The summed E-state index contributed by atoms with van der Waals surface area (Å²) in [5.41, 5.74) is 2.26. The highest BCUT2D eigenvalue weighted by Gasteiger charge is 1.97. The van der Waals surface area contributed by atoms with Crippen molar-refractivity contribution in [2.75, 3.05) is 19.0 Å². The summed E-state index contributed by atoms with van der Waals surface area (Å²) in [5, 5.41) is 0. The molecule has 0 unspecified atom stereocenters. The fraction of sp³-hybridized carbons (Fsp3) is 0.375. The molecular formula is C8H12N2. The standard InChI is InChI=1S/C8H12N2/c1-7-8(10(2)3)5-4-6-9-7/h4-6H,1-3H3. The van der Waals surface area contributed by atoms with Gasteiger partial charge in [0.2, 0.25) is 0 Å². The van der Waals surface area contributed by atoms with Crippen LogP contribution in [0.3, 0.4) is 0 Å². The maximum atomic E-state index is 4.16. The van der Waals surface area contributed by atoms with E-state index < -0.39 is 0 Å². The van der Waals surface area contributed by atoms with Gasteiger partial charge in [0.05, 0.1) is 11.4 Å². The lowest BCUT2D eigenvalue weighted by atomic mass is 10.3. The minimum Gasteiger partial charge on any atom is -0.376 e. The van der Waals surface area contributed by atoms with Crippen LogP contribution in [-0.4, -0.2) is 19.1 Å². The summed E-state index contributed by atoms with van der Waals surface area (Å²) < 4.78 is 0. The monoisotopic (exact) mass is 136 g/mol. The van der Waals surface area contributed by atoms with Crippen LogP contribution in [-0.2, 0) is 0 Å². The lowest BCUT2D eigenvalue weighted by Crippen LogP contribution is -2.10. The van der Waals surface area contributed by atoms with Gasteiger partial charge in [0.15, 0.2) is 0 Å². The smallest absolute Gasteiger partial charge is 0.0605 e. The molecular weight excluding hydrogens is 124 g/mol. The van der Waals surface area contributed by atoms with E-state index in [1.54, 1.807) is 0 Å². The lowest BCUT2D eigenvalue weighted by Gasteiger charge is -2.13. The Hall–Kier alpha value is -1.05. The number of rotatable bonds is 1. The van der Waals surface area contributed by atoms with E-state index >= 15 is 0 Å². The molecule has 0 aliphatic carbocycles. The van der Waals surface area contributed by atoms with Crippen molar-refractivity contribution in [3.63, 3.8) is 0 Å². The largest absolute Gasteiger partial charge is 0.376 e. The highest BCUT2D eigenvalue weighted by atomic mass is 15.1. The second kappa shape index (κ2) is 2.69. The Morgan fingerprint density at radius 1 is 1.40 bits per heavy atom. The number of nitrogens with zero attached hydrogens (tertiary/aromatic N) is 2. The van der Waals surface area contributed by atoms with Gasteiger partial charge >= 0.3 is 0 Å². The lowest BCUT2D eigenvalue weighted by molar-refractivity contribution is 1.07. The third-order valence-corrected chi connectivity index (χ3v) is 1.46. The Balaban J connectivity index is 3.03. The van der Waals surface area contributed by atoms with Crippen LogP contribution >= 0.6 is 0 Å². The summed E-state index contributed by atoms with van der Waals surface area (Å²) in [4.78, 5) is 6.22. The molecule has 1 aromatic rings. The van der Waals surface area contributed by atoms with Crippen molar-refractivity contribution in [1.82, 2.24) is 4.98 Å². The molecule has 0 aliphatic rings. The second-order valence-corrected chi connectivity index (χ2v) is 2.50. The second-order valence-electron chi connectivity index (χ2n) is 2.50. The number of pyridine rings is 1. The first-order valence-electron chi connectivity index (χ1n) is 3.31. The van der Waals surface area contributed by atoms with Gasteiger partial charge in [-0.3, -0.25) is 4.98 Å². The van der Waals surface area contributed by atoms with E-state index in [4.69, 9.17) is 0 Å². The number of aromatic nitrogens is 1. The van der Waals surface area contributed by atoms with Gasteiger partial charge in [0.1, 0.15) is 0 Å². The molecule has 1 rings (SSSR count). The average Bonchev–Trinajstić information content (AvgIpc) is 1.88. The summed E-state index contributed by atoms with van der Waals surface area (Å²) in [5.74, 6) is 0. The Bertz CT molecular complexity index is 218. The SMILES string of the molecule is Cc1ncccc1N(C)C. The van der Waals surface area contributed by atoms with Gasteiger partial charge in [-0.25, -0.2) is 0 Å². The quantitative estimate of drug-likeness (QED) is 0.581. The Morgan fingerprint density at radius 3 is 2.50 bits per heavy atom. The molecule has 2 nitrogen and oxygen atoms in total. The molecule has 0 bridgehead atoms. The topological polar surface area (TPSA) is 16.1 Å². The van der Waals surface area contributed by atoms with Crippen molar-refractivity contribution in [2.24, 2.45) is 0 Å². The van der Waals surface area contributed by atoms with E-state index in [1.165, 1.54) is 5.69 Å². The summed E-state index contributed by atoms with van der Waals surface area (Å²) in [6, 6.07) is 4.00. The maximum absolute atomic E-state index is 4.16. The van der Waals surface area contributed by atoms with Crippen LogP contribution in [0, 0.1) is 6.92 Å². The highest BCUT2D eigenvalue weighted by Crippen LogP contribution is 2.12. The van der Waals surface area contributed by atoms with E-state index in [0.717, 1.165) is 5.69 Å². The van der Waals surface area contributed by atoms with Crippen LogP contribution in [0.15, 0.2) is 18.3 Å². The van der Waals surface area contributed by atoms with Crippen LogP contribution < -0.4 is 4.90 Å². The third kappa shape index (κ3) is 1.26. The molecule has 0 N–H and O–H groups in total. The van der Waals surface area contributed by atoms with Gasteiger partial charge in [-0.2, -0.15) is 0 Å². The van der Waals surface area contributed by atoms with Crippen molar-refractivity contribution < 1.29 is 0 Å². The molecule has 2 heteroatoms. The van der Waals surface area contributed by atoms with Gasteiger partial charge in [-0.1, -0.05) is 0 Å². The fourth-order valence-corrected chi connectivity index (χ4v) is 0.948. The van der Waals surface area contributed by atoms with Gasteiger partial charge in [0, 0.05) is 20.3 Å². The molecule has 0 radical (unpaired) electrons. The number of anilines is 1. The number of hydrogen-bond donors (Lipinski definition) is 0. The highest BCUT2D eigenvalue weighted by molar-refractivity contribution is 5.47. The van der Waals surface area contributed by atoms with Gasteiger partial charge in [-0.15, -0.1) is 0 Å². The predicted molar refractivity (Wildman–Crippen MR) is 43.3 cm³/mol. The molecule has 0 atom stereocenters. The summed E-state index contributed by atoms with van der Waals surface area (Å²) >= 11 is 0. The average molecular weight is 136 g/mol. The van der Waals surface area contributed by atoms with E-state index in [1.807, 2.05) is 33.3 Å². The van der Waals surface area contributed by atoms with Gasteiger partial charge in [-0.05, 0) is 19.1 Å².